The highest BCUT2D eigenvalue weighted by Gasteiger charge is 2.17. The van der Waals surface area contributed by atoms with Crippen LogP contribution in [0.3, 0.4) is 0 Å². The highest BCUT2D eigenvalue weighted by Crippen LogP contribution is 2.27. The highest BCUT2D eigenvalue weighted by atomic mass is 32.2. The van der Waals surface area contributed by atoms with Gasteiger partial charge >= 0.3 is 0 Å². The van der Waals surface area contributed by atoms with Gasteiger partial charge in [-0.25, -0.2) is 13.8 Å². The molecule has 3 nitrogen and oxygen atoms in total. The maximum absolute atomic E-state index is 13.5. The van der Waals surface area contributed by atoms with Gasteiger partial charge < -0.3 is 10.6 Å². The van der Waals surface area contributed by atoms with Crippen molar-refractivity contribution in [2.45, 2.75) is 25.0 Å². The summed E-state index contributed by atoms with van der Waals surface area (Å²) in [5.74, 6) is 0.0847. The second kappa shape index (κ2) is 6.22. The van der Waals surface area contributed by atoms with Crippen molar-refractivity contribution in [1.29, 1.82) is 0 Å². The summed E-state index contributed by atoms with van der Waals surface area (Å²) in [5, 5.41) is 6.24. The molecule has 1 aliphatic rings. The minimum atomic E-state index is -0.657. The molecule has 1 saturated heterocycles. The molecule has 1 atom stereocenters. The van der Waals surface area contributed by atoms with E-state index in [2.05, 4.69) is 15.6 Å². The number of nitrogens with one attached hydrogen (secondary N) is 2. The Morgan fingerprint density at radius 3 is 2.67 bits per heavy atom. The number of nitrogens with zero attached hydrogens (tertiary/aromatic N) is 1. The van der Waals surface area contributed by atoms with Crippen LogP contribution < -0.4 is 10.6 Å². The van der Waals surface area contributed by atoms with E-state index < -0.39 is 11.6 Å². The van der Waals surface area contributed by atoms with Crippen molar-refractivity contribution in [1.82, 2.24) is 4.98 Å². The molecule has 0 spiro atoms. The van der Waals surface area contributed by atoms with Crippen LogP contribution in [-0.4, -0.2) is 29.1 Å². The summed E-state index contributed by atoms with van der Waals surface area (Å²) in [5.41, 5.74) is 0. The van der Waals surface area contributed by atoms with Crippen LogP contribution in [0.1, 0.15) is 19.8 Å². The van der Waals surface area contributed by atoms with E-state index in [9.17, 15) is 8.78 Å². The second-order valence-electron chi connectivity index (χ2n) is 4.20. The molecule has 1 aromatic rings. The van der Waals surface area contributed by atoms with Crippen LogP contribution in [0.4, 0.5) is 20.4 Å². The van der Waals surface area contributed by atoms with Crippen molar-refractivity contribution in [3.8, 4) is 0 Å². The molecule has 0 bridgehead atoms. The summed E-state index contributed by atoms with van der Waals surface area (Å²) in [7, 11) is 0. The van der Waals surface area contributed by atoms with Gasteiger partial charge in [0.15, 0.2) is 23.3 Å². The quantitative estimate of drug-likeness (QED) is 0.864. The van der Waals surface area contributed by atoms with Gasteiger partial charge in [0.05, 0.1) is 0 Å². The zero-order chi connectivity index (χ0) is 13.0. The Labute approximate surface area is 110 Å². The third-order valence-corrected chi connectivity index (χ3v) is 4.19. The van der Waals surface area contributed by atoms with Crippen LogP contribution in [0.5, 0.6) is 0 Å². The highest BCUT2D eigenvalue weighted by molar-refractivity contribution is 8.00. The number of rotatable bonds is 5. The van der Waals surface area contributed by atoms with E-state index in [1.807, 2.05) is 18.7 Å². The summed E-state index contributed by atoms with van der Waals surface area (Å²) >= 11 is 1.88. The lowest BCUT2D eigenvalue weighted by atomic mass is 10.2. The lowest BCUT2D eigenvalue weighted by Gasteiger charge is -2.13. The number of aromatic nitrogens is 1. The first-order valence-electron chi connectivity index (χ1n) is 6.16. The van der Waals surface area contributed by atoms with Crippen molar-refractivity contribution in [3.05, 3.63) is 17.7 Å². The topological polar surface area (TPSA) is 37.0 Å². The zero-order valence-corrected chi connectivity index (χ0v) is 11.1. The third kappa shape index (κ3) is 3.25. The molecule has 2 N–H and O–H groups in total. The standard InChI is InChI=1S/C12H17F2N3S/c1-2-15-11-9(13)6-10(14)12(17-11)16-7-8-4-3-5-18-8/h6,8H,2-5,7H2,1H3,(H2,15,16,17). The van der Waals surface area contributed by atoms with Crippen LogP contribution in [0.15, 0.2) is 6.07 Å². The predicted octanol–water partition coefficient (Wildman–Crippen LogP) is 3.10. The normalized spacial score (nSPS) is 18.9. The van der Waals surface area contributed by atoms with Crippen molar-refractivity contribution < 1.29 is 8.78 Å². The largest absolute Gasteiger partial charge is 0.368 e. The third-order valence-electron chi connectivity index (χ3n) is 2.79. The summed E-state index contributed by atoms with van der Waals surface area (Å²) in [4.78, 5) is 3.94. The summed E-state index contributed by atoms with van der Waals surface area (Å²) in [6.07, 6.45) is 2.35. The van der Waals surface area contributed by atoms with E-state index in [0.717, 1.165) is 18.2 Å². The molecule has 1 fully saturated rings. The first kappa shape index (κ1) is 13.4. The number of hydrogen-bond donors (Lipinski definition) is 2. The lowest BCUT2D eigenvalue weighted by molar-refractivity contribution is 0.578. The Balaban J connectivity index is 2.03. The number of thioether (sulfide) groups is 1. The van der Waals surface area contributed by atoms with E-state index in [-0.39, 0.29) is 11.6 Å². The Morgan fingerprint density at radius 2 is 2.06 bits per heavy atom. The fourth-order valence-electron chi connectivity index (χ4n) is 1.90. The van der Waals surface area contributed by atoms with E-state index in [1.165, 1.54) is 6.42 Å². The Bertz CT molecular complexity index is 409. The molecule has 0 saturated carbocycles. The van der Waals surface area contributed by atoms with E-state index in [4.69, 9.17) is 0 Å². The number of halogens is 2. The molecule has 0 aliphatic carbocycles. The number of pyridine rings is 1. The Hall–Kier alpha value is -1.04. The molecule has 0 aromatic carbocycles. The minimum absolute atomic E-state index is 0.0977. The van der Waals surface area contributed by atoms with Gasteiger partial charge in [0.25, 0.3) is 0 Å². The van der Waals surface area contributed by atoms with Crippen molar-refractivity contribution >= 4 is 23.4 Å². The monoisotopic (exact) mass is 273 g/mol. The van der Waals surface area contributed by atoms with Crippen molar-refractivity contribution in [3.63, 3.8) is 0 Å². The molecule has 1 aromatic heterocycles. The molecule has 1 unspecified atom stereocenters. The van der Waals surface area contributed by atoms with Crippen LogP contribution in [0.25, 0.3) is 0 Å². The molecule has 0 amide bonds. The van der Waals surface area contributed by atoms with Gasteiger partial charge in [0, 0.05) is 24.4 Å². The van der Waals surface area contributed by atoms with Crippen LogP contribution >= 0.6 is 11.8 Å². The maximum atomic E-state index is 13.5. The average molecular weight is 273 g/mol. The van der Waals surface area contributed by atoms with Gasteiger partial charge in [-0.2, -0.15) is 11.8 Å². The summed E-state index contributed by atoms with van der Waals surface area (Å²) < 4.78 is 26.9. The van der Waals surface area contributed by atoms with Gasteiger partial charge in [-0.1, -0.05) is 0 Å². The molecule has 6 heteroatoms. The second-order valence-corrected chi connectivity index (χ2v) is 5.60. The van der Waals surface area contributed by atoms with Gasteiger partial charge in [0.2, 0.25) is 0 Å². The molecular weight excluding hydrogens is 256 g/mol. The SMILES string of the molecule is CCNc1nc(NCC2CCCS2)c(F)cc1F. The molecule has 0 radical (unpaired) electrons. The Morgan fingerprint density at radius 1 is 1.33 bits per heavy atom. The molecule has 2 heterocycles. The van der Waals surface area contributed by atoms with Gasteiger partial charge in [-0.05, 0) is 25.5 Å². The zero-order valence-electron chi connectivity index (χ0n) is 10.3. The van der Waals surface area contributed by atoms with Gasteiger partial charge in [-0.3, -0.25) is 0 Å². The van der Waals surface area contributed by atoms with E-state index in [0.29, 0.717) is 18.3 Å². The summed E-state index contributed by atoms with van der Waals surface area (Å²) in [6.45, 7) is 3.06. The number of anilines is 2. The lowest BCUT2D eigenvalue weighted by Crippen LogP contribution is -2.16. The van der Waals surface area contributed by atoms with Crippen LogP contribution in [0, 0.1) is 11.6 Å². The van der Waals surface area contributed by atoms with Crippen molar-refractivity contribution in [2.24, 2.45) is 0 Å². The average Bonchev–Trinajstić information content (AvgIpc) is 2.84. The predicted molar refractivity (Wildman–Crippen MR) is 72.3 cm³/mol. The first-order chi connectivity index (χ1) is 8.70. The van der Waals surface area contributed by atoms with Crippen molar-refractivity contribution in [2.75, 3.05) is 29.5 Å². The number of hydrogen-bond acceptors (Lipinski definition) is 4. The molecule has 100 valence electrons. The van der Waals surface area contributed by atoms with Crippen LogP contribution in [-0.2, 0) is 0 Å². The van der Waals surface area contributed by atoms with Gasteiger partial charge in [0.1, 0.15) is 0 Å². The first-order valence-corrected chi connectivity index (χ1v) is 7.21. The Kier molecular flexibility index (Phi) is 4.63. The molecule has 18 heavy (non-hydrogen) atoms. The smallest absolute Gasteiger partial charge is 0.168 e. The fraction of sp³-hybridized carbons (Fsp3) is 0.583. The molecular formula is C12H17F2N3S. The van der Waals surface area contributed by atoms with E-state index in [1.54, 1.807) is 0 Å². The fourth-order valence-corrected chi connectivity index (χ4v) is 3.10. The maximum Gasteiger partial charge on any atom is 0.168 e. The molecule has 2 rings (SSSR count). The van der Waals surface area contributed by atoms with Crippen LogP contribution in [0.2, 0.25) is 0 Å². The van der Waals surface area contributed by atoms with E-state index >= 15 is 0 Å². The summed E-state index contributed by atoms with van der Waals surface area (Å²) in [6, 6.07) is 0.870. The minimum Gasteiger partial charge on any atom is -0.368 e. The van der Waals surface area contributed by atoms with Gasteiger partial charge in [-0.15, -0.1) is 0 Å². The molecule has 1 aliphatic heterocycles.